The number of nitrogens with one attached hydrogen (secondary N) is 2. The van der Waals surface area contributed by atoms with Crippen molar-refractivity contribution in [2.45, 2.75) is 52.0 Å². The highest BCUT2D eigenvalue weighted by Gasteiger charge is 2.53. The van der Waals surface area contributed by atoms with Crippen molar-refractivity contribution in [2.24, 2.45) is 17.3 Å². The van der Waals surface area contributed by atoms with Gasteiger partial charge < -0.3 is 15.7 Å². The van der Waals surface area contributed by atoms with Crippen molar-refractivity contribution in [3.05, 3.63) is 0 Å². The molecule has 2 atom stereocenters. The van der Waals surface area contributed by atoms with Gasteiger partial charge in [0.25, 0.3) is 0 Å². The molecule has 0 heterocycles. The number of rotatable bonds is 7. The highest BCUT2D eigenvalue weighted by atomic mass is 16.4. The van der Waals surface area contributed by atoms with E-state index in [9.17, 15) is 9.59 Å². The van der Waals surface area contributed by atoms with Crippen molar-refractivity contribution in [1.82, 2.24) is 10.6 Å². The molecule has 19 heavy (non-hydrogen) atoms. The Kier molecular flexibility index (Phi) is 4.02. The van der Waals surface area contributed by atoms with Gasteiger partial charge >= 0.3 is 12.0 Å². The SMILES string of the molecule is CCC(C)C(NC(=O)NCC1(C2CC2)CC1)C(=O)O. The summed E-state index contributed by atoms with van der Waals surface area (Å²) >= 11 is 0. The Morgan fingerprint density at radius 1 is 1.37 bits per heavy atom. The predicted molar refractivity (Wildman–Crippen MR) is 71.8 cm³/mol. The second kappa shape index (κ2) is 5.39. The van der Waals surface area contributed by atoms with Gasteiger partial charge in [-0.3, -0.25) is 0 Å². The number of amides is 2. The summed E-state index contributed by atoms with van der Waals surface area (Å²) in [5.41, 5.74) is 0.340. The Balaban J connectivity index is 1.77. The van der Waals surface area contributed by atoms with Crippen LogP contribution in [0.4, 0.5) is 4.79 Å². The monoisotopic (exact) mass is 268 g/mol. The first-order chi connectivity index (χ1) is 8.98. The van der Waals surface area contributed by atoms with Gasteiger partial charge in [0.1, 0.15) is 6.04 Å². The third kappa shape index (κ3) is 3.39. The zero-order chi connectivity index (χ0) is 14.0. The van der Waals surface area contributed by atoms with Crippen molar-refractivity contribution in [3.8, 4) is 0 Å². The molecule has 2 unspecified atom stereocenters. The standard InChI is InChI=1S/C14H24N2O3/c1-3-9(2)11(12(17)18)16-13(19)15-8-14(6-7-14)10-4-5-10/h9-11H,3-8H2,1-2H3,(H,17,18)(H2,15,16,19). The van der Waals surface area contributed by atoms with Gasteiger partial charge in [-0.25, -0.2) is 9.59 Å². The van der Waals surface area contributed by atoms with Crippen LogP contribution in [-0.2, 0) is 4.79 Å². The van der Waals surface area contributed by atoms with Crippen LogP contribution in [-0.4, -0.2) is 29.7 Å². The van der Waals surface area contributed by atoms with Crippen molar-refractivity contribution >= 4 is 12.0 Å². The lowest BCUT2D eigenvalue weighted by molar-refractivity contribution is -0.140. The molecule has 2 fully saturated rings. The van der Waals surface area contributed by atoms with Gasteiger partial charge in [-0.15, -0.1) is 0 Å². The van der Waals surface area contributed by atoms with Gasteiger partial charge in [-0.2, -0.15) is 0 Å². The maximum absolute atomic E-state index is 11.8. The highest BCUT2D eigenvalue weighted by molar-refractivity contribution is 5.82. The Labute approximate surface area is 114 Å². The van der Waals surface area contributed by atoms with Crippen LogP contribution in [0.3, 0.4) is 0 Å². The molecule has 5 nitrogen and oxygen atoms in total. The number of urea groups is 1. The van der Waals surface area contributed by atoms with Crippen molar-refractivity contribution in [3.63, 3.8) is 0 Å². The fourth-order valence-corrected chi connectivity index (χ4v) is 2.72. The Bertz CT molecular complexity index is 362. The van der Waals surface area contributed by atoms with Crippen LogP contribution < -0.4 is 10.6 Å². The van der Waals surface area contributed by atoms with Gasteiger partial charge in [0.15, 0.2) is 0 Å². The first-order valence-corrected chi connectivity index (χ1v) is 7.25. The van der Waals surface area contributed by atoms with Crippen LogP contribution in [0.5, 0.6) is 0 Å². The van der Waals surface area contributed by atoms with E-state index in [-0.39, 0.29) is 11.9 Å². The Hall–Kier alpha value is -1.26. The quantitative estimate of drug-likeness (QED) is 0.660. The number of hydrogen-bond acceptors (Lipinski definition) is 2. The van der Waals surface area contributed by atoms with Crippen LogP contribution in [0, 0.1) is 17.3 Å². The normalized spacial score (nSPS) is 23.3. The molecule has 0 aromatic carbocycles. The van der Waals surface area contributed by atoms with E-state index in [1.165, 1.54) is 25.7 Å². The number of carbonyl (C=O) groups excluding carboxylic acids is 1. The molecule has 0 bridgehead atoms. The van der Waals surface area contributed by atoms with Crippen molar-refractivity contribution in [2.75, 3.05) is 6.54 Å². The summed E-state index contributed by atoms with van der Waals surface area (Å²) in [6.07, 6.45) is 5.70. The minimum absolute atomic E-state index is 0.0680. The van der Waals surface area contributed by atoms with E-state index in [0.29, 0.717) is 12.0 Å². The van der Waals surface area contributed by atoms with Gasteiger partial charge in [0.2, 0.25) is 0 Å². The van der Waals surface area contributed by atoms with E-state index in [2.05, 4.69) is 10.6 Å². The molecule has 2 rings (SSSR count). The van der Waals surface area contributed by atoms with Gasteiger partial charge in [0.05, 0.1) is 0 Å². The van der Waals surface area contributed by atoms with Crippen LogP contribution in [0.25, 0.3) is 0 Å². The first kappa shape index (κ1) is 14.2. The molecule has 2 saturated carbocycles. The third-order valence-corrected chi connectivity index (χ3v) is 4.70. The molecule has 0 aliphatic heterocycles. The smallest absolute Gasteiger partial charge is 0.326 e. The molecule has 108 valence electrons. The summed E-state index contributed by atoms with van der Waals surface area (Å²) < 4.78 is 0. The molecule has 0 aromatic rings. The fourth-order valence-electron chi connectivity index (χ4n) is 2.72. The Morgan fingerprint density at radius 3 is 2.42 bits per heavy atom. The molecule has 0 radical (unpaired) electrons. The number of carbonyl (C=O) groups is 2. The van der Waals surface area contributed by atoms with Crippen LogP contribution in [0.1, 0.15) is 46.0 Å². The zero-order valence-electron chi connectivity index (χ0n) is 11.7. The van der Waals surface area contributed by atoms with E-state index < -0.39 is 12.0 Å². The van der Waals surface area contributed by atoms with E-state index in [1.54, 1.807) is 0 Å². The summed E-state index contributed by atoms with van der Waals surface area (Å²) in [7, 11) is 0. The largest absolute Gasteiger partial charge is 0.480 e. The van der Waals surface area contributed by atoms with E-state index in [4.69, 9.17) is 5.11 Å². The van der Waals surface area contributed by atoms with Crippen molar-refractivity contribution < 1.29 is 14.7 Å². The molecule has 0 aromatic heterocycles. The lowest BCUT2D eigenvalue weighted by atomic mass is 9.99. The maximum atomic E-state index is 11.8. The molecule has 0 saturated heterocycles. The molecule has 2 amide bonds. The highest BCUT2D eigenvalue weighted by Crippen LogP contribution is 2.60. The molecule has 0 spiro atoms. The summed E-state index contributed by atoms with van der Waals surface area (Å²) in [6.45, 7) is 4.45. The average Bonchev–Trinajstić information content (AvgIpc) is 3.24. The predicted octanol–water partition coefficient (Wildman–Crippen LogP) is 1.98. The summed E-state index contributed by atoms with van der Waals surface area (Å²) in [4.78, 5) is 22.9. The number of carboxylic acid groups (broad SMARTS) is 1. The van der Waals surface area contributed by atoms with E-state index in [1.807, 2.05) is 13.8 Å². The molecule has 2 aliphatic carbocycles. The minimum atomic E-state index is -0.965. The Morgan fingerprint density at radius 2 is 2.00 bits per heavy atom. The molecule has 5 heteroatoms. The molecule has 2 aliphatic rings. The van der Waals surface area contributed by atoms with E-state index in [0.717, 1.165) is 12.3 Å². The summed E-state index contributed by atoms with van der Waals surface area (Å²) in [5.74, 6) is -0.243. The molecular formula is C14H24N2O3. The van der Waals surface area contributed by atoms with Crippen molar-refractivity contribution in [1.29, 1.82) is 0 Å². The summed E-state index contributed by atoms with van der Waals surface area (Å²) in [5, 5.41) is 14.6. The number of hydrogen-bond donors (Lipinski definition) is 3. The number of carboxylic acids is 1. The third-order valence-electron chi connectivity index (χ3n) is 4.70. The lowest BCUT2D eigenvalue weighted by Gasteiger charge is -2.21. The average molecular weight is 268 g/mol. The van der Waals surface area contributed by atoms with Gasteiger partial charge in [-0.1, -0.05) is 20.3 Å². The second-order valence-corrected chi connectivity index (χ2v) is 6.17. The lowest BCUT2D eigenvalue weighted by Crippen LogP contribution is -2.50. The van der Waals surface area contributed by atoms with E-state index >= 15 is 0 Å². The maximum Gasteiger partial charge on any atom is 0.326 e. The molecular weight excluding hydrogens is 244 g/mol. The van der Waals surface area contributed by atoms with Crippen LogP contribution >= 0.6 is 0 Å². The second-order valence-electron chi connectivity index (χ2n) is 6.17. The minimum Gasteiger partial charge on any atom is -0.480 e. The first-order valence-electron chi connectivity index (χ1n) is 7.25. The summed E-state index contributed by atoms with van der Waals surface area (Å²) in [6, 6.07) is -1.15. The van der Waals surface area contributed by atoms with Gasteiger partial charge in [-0.05, 0) is 42.9 Å². The molecule has 3 N–H and O–H groups in total. The number of aliphatic carboxylic acids is 1. The zero-order valence-corrected chi connectivity index (χ0v) is 11.7. The van der Waals surface area contributed by atoms with Crippen LogP contribution in [0.2, 0.25) is 0 Å². The topological polar surface area (TPSA) is 78.4 Å². The van der Waals surface area contributed by atoms with Crippen LogP contribution in [0.15, 0.2) is 0 Å². The fraction of sp³-hybridized carbons (Fsp3) is 0.857. The van der Waals surface area contributed by atoms with Gasteiger partial charge in [0, 0.05) is 6.54 Å².